The average molecular weight is 354 g/mol. The van der Waals surface area contributed by atoms with E-state index in [9.17, 15) is 12.8 Å². The van der Waals surface area contributed by atoms with Gasteiger partial charge in [0.2, 0.25) is 10.0 Å². The van der Waals surface area contributed by atoms with Crippen LogP contribution in [0.25, 0.3) is 0 Å². The van der Waals surface area contributed by atoms with E-state index in [1.165, 1.54) is 29.6 Å². The lowest BCUT2D eigenvalue weighted by Crippen LogP contribution is -2.39. The smallest absolute Gasteiger partial charge is 0.246 e. The summed E-state index contributed by atoms with van der Waals surface area (Å²) in [5, 5.41) is 6.87. The van der Waals surface area contributed by atoms with E-state index >= 15 is 0 Å². The van der Waals surface area contributed by atoms with Crippen molar-refractivity contribution in [3.8, 4) is 0 Å². The van der Waals surface area contributed by atoms with Crippen LogP contribution in [0.1, 0.15) is 37.0 Å². The van der Waals surface area contributed by atoms with Crippen LogP contribution in [-0.4, -0.2) is 41.6 Å². The van der Waals surface area contributed by atoms with Crippen molar-refractivity contribution in [2.24, 2.45) is 0 Å². The number of piperidine rings is 1. The van der Waals surface area contributed by atoms with Crippen molar-refractivity contribution >= 4 is 10.0 Å². The molecule has 1 saturated heterocycles. The highest BCUT2D eigenvalue weighted by molar-refractivity contribution is 7.89. The number of sulfonamides is 1. The first-order chi connectivity index (χ1) is 11.5. The van der Waals surface area contributed by atoms with E-state index in [0.717, 1.165) is 18.9 Å². The number of hydrogen-bond donors (Lipinski definition) is 1. The third-order valence-electron chi connectivity index (χ3n) is 4.01. The highest BCUT2D eigenvalue weighted by Gasteiger charge is 2.37. The van der Waals surface area contributed by atoms with Crippen molar-refractivity contribution in [2.75, 3.05) is 13.7 Å². The molecule has 1 aliphatic rings. The van der Waals surface area contributed by atoms with Gasteiger partial charge in [0, 0.05) is 13.7 Å². The summed E-state index contributed by atoms with van der Waals surface area (Å²) in [7, 11) is -2.42. The first-order valence-electron chi connectivity index (χ1n) is 7.70. The van der Waals surface area contributed by atoms with Gasteiger partial charge in [-0.2, -0.15) is 9.40 Å². The zero-order valence-electron chi connectivity index (χ0n) is 13.3. The van der Waals surface area contributed by atoms with Gasteiger partial charge in [-0.25, -0.2) is 17.8 Å². The van der Waals surface area contributed by atoms with Gasteiger partial charge in [0.05, 0.1) is 6.04 Å². The van der Waals surface area contributed by atoms with Gasteiger partial charge in [-0.1, -0.05) is 18.6 Å². The summed E-state index contributed by atoms with van der Waals surface area (Å²) in [6.45, 7) is 0.579. The first-order valence-corrected chi connectivity index (χ1v) is 9.14. The molecule has 130 valence electrons. The summed E-state index contributed by atoms with van der Waals surface area (Å²) in [6.07, 6.45) is 2.18. The molecule has 0 spiro atoms. The van der Waals surface area contributed by atoms with Crippen LogP contribution >= 0.6 is 0 Å². The SMILES string of the molecule is COCc1nc([C@@H]2CCCCN2S(=O)(=O)c2ccccc2F)n[nH]1. The summed E-state index contributed by atoms with van der Waals surface area (Å²) in [6, 6.07) is 4.90. The minimum absolute atomic E-state index is 0.264. The molecule has 0 aliphatic carbocycles. The zero-order chi connectivity index (χ0) is 17.2. The molecular formula is C15H19FN4O3S. The number of H-pyrrole nitrogens is 1. The van der Waals surface area contributed by atoms with Crippen LogP contribution in [0.2, 0.25) is 0 Å². The summed E-state index contributed by atoms with van der Waals surface area (Å²) >= 11 is 0. The topological polar surface area (TPSA) is 88.2 Å². The lowest BCUT2D eigenvalue weighted by Gasteiger charge is -2.32. The normalized spacial score (nSPS) is 19.5. The molecule has 7 nitrogen and oxygen atoms in total. The van der Waals surface area contributed by atoms with Crippen molar-refractivity contribution in [3.05, 3.63) is 41.7 Å². The van der Waals surface area contributed by atoms with Crippen LogP contribution in [0.4, 0.5) is 4.39 Å². The number of rotatable bonds is 5. The molecule has 1 N–H and O–H groups in total. The number of nitrogens with one attached hydrogen (secondary N) is 1. The summed E-state index contributed by atoms with van der Waals surface area (Å²) in [5.41, 5.74) is 0. The molecule has 0 bridgehead atoms. The average Bonchev–Trinajstić information content (AvgIpc) is 3.04. The number of halogens is 1. The Bertz CT molecular complexity index is 809. The Labute approximate surface area is 139 Å². The number of aromatic nitrogens is 3. The number of benzene rings is 1. The third-order valence-corrected chi connectivity index (χ3v) is 5.95. The van der Waals surface area contributed by atoms with Gasteiger partial charge in [0.15, 0.2) is 11.6 Å². The zero-order valence-corrected chi connectivity index (χ0v) is 14.1. The molecule has 2 aromatic rings. The maximum Gasteiger partial charge on any atom is 0.246 e. The first kappa shape index (κ1) is 17.0. The number of aromatic amines is 1. The molecule has 1 aromatic heterocycles. The molecule has 0 saturated carbocycles. The van der Waals surface area contributed by atoms with Crippen molar-refractivity contribution in [1.82, 2.24) is 19.5 Å². The highest BCUT2D eigenvalue weighted by Crippen LogP contribution is 2.34. The van der Waals surface area contributed by atoms with Crippen LogP contribution < -0.4 is 0 Å². The fourth-order valence-electron chi connectivity index (χ4n) is 2.89. The second-order valence-corrected chi connectivity index (χ2v) is 7.49. The lowest BCUT2D eigenvalue weighted by molar-refractivity contribution is 0.177. The standard InChI is InChI=1S/C15H19FN4O3S/c1-23-10-14-17-15(19-18-14)12-7-4-5-9-20(12)24(21,22)13-8-3-2-6-11(13)16/h2-3,6,8,12H,4-5,7,9-10H2,1H3,(H,17,18,19)/t12-/m0/s1. The quantitative estimate of drug-likeness (QED) is 0.887. The largest absolute Gasteiger partial charge is 0.377 e. The predicted octanol–water partition coefficient (Wildman–Crippen LogP) is 2.01. The molecule has 1 aromatic carbocycles. The van der Waals surface area contributed by atoms with Crippen LogP contribution in [0, 0.1) is 5.82 Å². The lowest BCUT2D eigenvalue weighted by atomic mass is 10.0. The van der Waals surface area contributed by atoms with Crippen molar-refractivity contribution < 1.29 is 17.5 Å². The van der Waals surface area contributed by atoms with Gasteiger partial charge in [-0.15, -0.1) is 0 Å². The van der Waals surface area contributed by atoms with Crippen LogP contribution in [0.5, 0.6) is 0 Å². The predicted molar refractivity (Wildman–Crippen MR) is 84.0 cm³/mol. The van der Waals surface area contributed by atoms with Gasteiger partial charge in [-0.3, -0.25) is 5.10 Å². The van der Waals surface area contributed by atoms with Crippen molar-refractivity contribution in [2.45, 2.75) is 36.8 Å². The maximum absolute atomic E-state index is 14.0. The van der Waals surface area contributed by atoms with Crippen molar-refractivity contribution in [3.63, 3.8) is 0 Å². The fraction of sp³-hybridized carbons (Fsp3) is 0.467. The molecule has 1 atom stereocenters. The second kappa shape index (κ2) is 6.96. The van der Waals surface area contributed by atoms with Gasteiger partial charge in [-0.05, 0) is 25.0 Å². The molecule has 0 radical (unpaired) electrons. The number of nitrogens with zero attached hydrogens (tertiary/aromatic N) is 3. The molecule has 0 unspecified atom stereocenters. The van der Waals surface area contributed by atoms with Crippen LogP contribution in [0.3, 0.4) is 0 Å². The van der Waals surface area contributed by atoms with E-state index in [2.05, 4.69) is 15.2 Å². The maximum atomic E-state index is 14.0. The third kappa shape index (κ3) is 3.19. The fourth-order valence-corrected chi connectivity index (χ4v) is 4.61. The summed E-state index contributed by atoms with van der Waals surface area (Å²) < 4.78 is 46.1. The minimum Gasteiger partial charge on any atom is -0.377 e. The molecule has 24 heavy (non-hydrogen) atoms. The van der Waals surface area contributed by atoms with Crippen molar-refractivity contribution in [1.29, 1.82) is 0 Å². The number of hydrogen-bond acceptors (Lipinski definition) is 5. The molecular weight excluding hydrogens is 335 g/mol. The summed E-state index contributed by atoms with van der Waals surface area (Å²) in [4.78, 5) is 4.00. The molecule has 3 rings (SSSR count). The van der Waals surface area contributed by atoms with Gasteiger partial charge in [0.1, 0.15) is 17.3 Å². The summed E-state index contributed by atoms with van der Waals surface area (Å²) in [5.74, 6) is 0.167. The van der Waals surface area contributed by atoms with E-state index in [1.807, 2.05) is 0 Å². The Kier molecular flexibility index (Phi) is 4.93. The van der Waals surface area contributed by atoms with E-state index in [1.54, 1.807) is 0 Å². The Morgan fingerprint density at radius 2 is 2.17 bits per heavy atom. The monoisotopic (exact) mass is 354 g/mol. The number of methoxy groups -OCH3 is 1. The van der Waals surface area contributed by atoms with Gasteiger partial charge < -0.3 is 4.74 Å². The van der Waals surface area contributed by atoms with Crippen LogP contribution in [0.15, 0.2) is 29.2 Å². The number of ether oxygens (including phenoxy) is 1. The van der Waals surface area contributed by atoms with E-state index in [4.69, 9.17) is 4.74 Å². The molecule has 9 heteroatoms. The Balaban J connectivity index is 1.96. The van der Waals surface area contributed by atoms with Crippen LogP contribution in [-0.2, 0) is 21.4 Å². The Morgan fingerprint density at radius 1 is 1.38 bits per heavy atom. The van der Waals surface area contributed by atoms with E-state index < -0.39 is 21.9 Å². The van der Waals surface area contributed by atoms with E-state index in [0.29, 0.717) is 24.6 Å². The van der Waals surface area contributed by atoms with Gasteiger partial charge in [0.25, 0.3) is 0 Å². The molecule has 2 heterocycles. The highest BCUT2D eigenvalue weighted by atomic mass is 32.2. The molecule has 1 fully saturated rings. The minimum atomic E-state index is -3.96. The molecule has 1 aliphatic heterocycles. The Morgan fingerprint density at radius 3 is 2.92 bits per heavy atom. The molecule has 0 amide bonds. The van der Waals surface area contributed by atoms with E-state index in [-0.39, 0.29) is 11.5 Å². The Hall–Kier alpha value is -1.84. The second-order valence-electron chi connectivity index (χ2n) is 5.63. The van der Waals surface area contributed by atoms with Gasteiger partial charge >= 0.3 is 0 Å².